The Morgan fingerprint density at radius 2 is 1.92 bits per heavy atom. The van der Waals surface area contributed by atoms with Crippen LogP contribution in [0.4, 0.5) is 4.39 Å². The van der Waals surface area contributed by atoms with E-state index in [4.69, 9.17) is 9.84 Å². The van der Waals surface area contributed by atoms with Crippen LogP contribution in [0.1, 0.15) is 32.3 Å². The Kier molecular flexibility index (Phi) is 5.07. The summed E-state index contributed by atoms with van der Waals surface area (Å²) in [6.45, 7) is 3.88. The van der Waals surface area contributed by atoms with Crippen LogP contribution in [0.15, 0.2) is 42.5 Å². The molecular weight excluding hydrogens is 319 g/mol. The van der Waals surface area contributed by atoms with Gasteiger partial charge in [-0.2, -0.15) is 0 Å². The fourth-order valence-electron chi connectivity index (χ4n) is 3.23. The van der Waals surface area contributed by atoms with Crippen LogP contribution < -0.4 is 4.74 Å². The highest BCUT2D eigenvalue weighted by molar-refractivity contribution is 5.67. The average molecular weight is 342 g/mol. The van der Waals surface area contributed by atoms with Gasteiger partial charge in [0.15, 0.2) is 0 Å². The zero-order chi connectivity index (χ0) is 18.0. The van der Waals surface area contributed by atoms with E-state index in [1.165, 1.54) is 6.07 Å². The van der Waals surface area contributed by atoms with Gasteiger partial charge in [0, 0.05) is 12.0 Å². The molecule has 0 aliphatic heterocycles. The molecule has 0 saturated heterocycles. The largest absolute Gasteiger partial charge is 0.491 e. The van der Waals surface area contributed by atoms with Crippen molar-refractivity contribution in [1.82, 2.24) is 0 Å². The van der Waals surface area contributed by atoms with Crippen molar-refractivity contribution in [1.29, 1.82) is 0 Å². The van der Waals surface area contributed by atoms with E-state index in [-0.39, 0.29) is 18.3 Å². The van der Waals surface area contributed by atoms with Gasteiger partial charge >= 0.3 is 5.97 Å². The summed E-state index contributed by atoms with van der Waals surface area (Å²) >= 11 is 0. The lowest BCUT2D eigenvalue weighted by Gasteiger charge is -2.12. The molecule has 4 heteroatoms. The minimum Gasteiger partial charge on any atom is -0.491 e. The molecule has 132 valence electrons. The number of carboxylic acids is 1. The molecule has 1 saturated carbocycles. The van der Waals surface area contributed by atoms with Gasteiger partial charge in [-0.05, 0) is 67.9 Å². The topological polar surface area (TPSA) is 46.5 Å². The van der Waals surface area contributed by atoms with E-state index in [0.717, 1.165) is 24.0 Å². The van der Waals surface area contributed by atoms with E-state index >= 15 is 0 Å². The van der Waals surface area contributed by atoms with Crippen molar-refractivity contribution in [3.05, 3.63) is 53.8 Å². The highest BCUT2D eigenvalue weighted by Crippen LogP contribution is 2.43. The quantitative estimate of drug-likeness (QED) is 0.776. The molecule has 2 atom stereocenters. The third-order valence-electron chi connectivity index (χ3n) is 4.58. The highest BCUT2D eigenvalue weighted by atomic mass is 19.1. The molecule has 2 aromatic rings. The number of rotatable bonds is 7. The maximum Gasteiger partial charge on any atom is 0.303 e. The van der Waals surface area contributed by atoms with Gasteiger partial charge in [0.05, 0.1) is 6.10 Å². The number of aliphatic carboxylic acids is 1. The fraction of sp³-hybridized carbons (Fsp3) is 0.381. The van der Waals surface area contributed by atoms with Gasteiger partial charge in [-0.25, -0.2) is 4.39 Å². The molecule has 1 aliphatic carbocycles. The molecular formula is C21H23FO3. The van der Waals surface area contributed by atoms with Crippen molar-refractivity contribution >= 4 is 5.97 Å². The fourth-order valence-corrected chi connectivity index (χ4v) is 3.23. The molecule has 1 aliphatic rings. The third kappa shape index (κ3) is 4.59. The van der Waals surface area contributed by atoms with E-state index < -0.39 is 5.97 Å². The maximum absolute atomic E-state index is 14.2. The van der Waals surface area contributed by atoms with Crippen molar-refractivity contribution in [2.24, 2.45) is 11.8 Å². The van der Waals surface area contributed by atoms with Gasteiger partial charge in [-0.1, -0.05) is 24.3 Å². The molecule has 1 N–H and O–H groups in total. The molecule has 3 nitrogen and oxygen atoms in total. The molecule has 0 heterocycles. The standard InChI is InChI=1S/C21H23FO3/c1-13(2)25-18-7-8-20(22)19(12-18)15-5-3-14(4-6-15)9-16-10-17(16)11-21(23)24/h3-8,12-13,16-17H,9-11H2,1-2H3,(H,23,24)/t16-,17-/m1/s1. The predicted octanol–water partition coefficient (Wildman–Crippen LogP) is 4.93. The van der Waals surface area contributed by atoms with E-state index in [9.17, 15) is 9.18 Å². The molecule has 25 heavy (non-hydrogen) atoms. The average Bonchev–Trinajstić information content (AvgIpc) is 3.26. The molecule has 2 aromatic carbocycles. The van der Waals surface area contributed by atoms with Crippen LogP contribution in [-0.2, 0) is 11.2 Å². The lowest BCUT2D eigenvalue weighted by Crippen LogP contribution is -2.05. The van der Waals surface area contributed by atoms with Gasteiger partial charge in [-0.15, -0.1) is 0 Å². The first-order chi connectivity index (χ1) is 11.9. The number of carbonyl (C=O) groups is 1. The van der Waals surface area contributed by atoms with Crippen LogP contribution in [0, 0.1) is 17.7 Å². The zero-order valence-corrected chi connectivity index (χ0v) is 14.5. The molecule has 0 spiro atoms. The first kappa shape index (κ1) is 17.5. The molecule has 1 fully saturated rings. The number of hydrogen-bond donors (Lipinski definition) is 1. The second-order valence-electron chi connectivity index (χ2n) is 7.06. The Balaban J connectivity index is 1.69. The number of benzene rings is 2. The summed E-state index contributed by atoms with van der Waals surface area (Å²) in [7, 11) is 0. The Hall–Kier alpha value is -2.36. The Bertz CT molecular complexity index is 752. The summed E-state index contributed by atoms with van der Waals surface area (Å²) in [5.41, 5.74) is 2.50. The first-order valence-corrected chi connectivity index (χ1v) is 8.69. The molecule has 0 amide bonds. The van der Waals surface area contributed by atoms with Crippen molar-refractivity contribution in [2.45, 2.75) is 39.2 Å². The van der Waals surface area contributed by atoms with E-state index in [1.807, 2.05) is 38.1 Å². The van der Waals surface area contributed by atoms with Gasteiger partial charge in [0.25, 0.3) is 0 Å². The Labute approximate surface area is 147 Å². The van der Waals surface area contributed by atoms with Crippen LogP contribution >= 0.6 is 0 Å². The maximum atomic E-state index is 14.2. The van der Waals surface area contributed by atoms with Gasteiger partial charge < -0.3 is 9.84 Å². The van der Waals surface area contributed by atoms with Gasteiger partial charge in [-0.3, -0.25) is 4.79 Å². The minimum atomic E-state index is -0.721. The summed E-state index contributed by atoms with van der Waals surface area (Å²) in [5, 5.41) is 8.83. The third-order valence-corrected chi connectivity index (χ3v) is 4.58. The smallest absolute Gasteiger partial charge is 0.303 e. The Morgan fingerprint density at radius 3 is 2.56 bits per heavy atom. The summed E-state index contributed by atoms with van der Waals surface area (Å²) in [4.78, 5) is 10.7. The number of hydrogen-bond acceptors (Lipinski definition) is 2. The summed E-state index contributed by atoms with van der Waals surface area (Å²) in [5.74, 6) is 0.431. The van der Waals surface area contributed by atoms with E-state index in [1.54, 1.807) is 12.1 Å². The molecule has 0 unspecified atom stereocenters. The first-order valence-electron chi connectivity index (χ1n) is 8.69. The second-order valence-corrected chi connectivity index (χ2v) is 7.06. The van der Waals surface area contributed by atoms with Crippen LogP contribution in [0.3, 0.4) is 0 Å². The lowest BCUT2D eigenvalue weighted by molar-refractivity contribution is -0.137. The summed E-state index contributed by atoms with van der Waals surface area (Å²) in [6.07, 6.45) is 2.17. The van der Waals surface area contributed by atoms with E-state index in [0.29, 0.717) is 23.1 Å². The van der Waals surface area contributed by atoms with Crippen LogP contribution in [0.25, 0.3) is 11.1 Å². The highest BCUT2D eigenvalue weighted by Gasteiger charge is 2.38. The SMILES string of the molecule is CC(C)Oc1ccc(F)c(-c2ccc(C[C@@H]3C[C@@H]3CC(=O)O)cc2)c1. The lowest BCUT2D eigenvalue weighted by atomic mass is 10.0. The number of ether oxygens (including phenoxy) is 1. The minimum absolute atomic E-state index is 0.0398. The second kappa shape index (κ2) is 7.26. The normalized spacial score (nSPS) is 19.0. The van der Waals surface area contributed by atoms with Crippen molar-refractivity contribution < 1.29 is 19.0 Å². The van der Waals surface area contributed by atoms with Gasteiger partial charge in [0.2, 0.25) is 0 Å². The molecule has 0 bridgehead atoms. The van der Waals surface area contributed by atoms with Crippen LogP contribution in [0.2, 0.25) is 0 Å². The van der Waals surface area contributed by atoms with Crippen LogP contribution in [0.5, 0.6) is 5.75 Å². The predicted molar refractivity (Wildman–Crippen MR) is 95.2 cm³/mol. The summed E-state index contributed by atoms with van der Waals surface area (Å²) < 4.78 is 19.8. The van der Waals surface area contributed by atoms with Crippen molar-refractivity contribution in [2.75, 3.05) is 0 Å². The monoisotopic (exact) mass is 342 g/mol. The van der Waals surface area contributed by atoms with Crippen molar-refractivity contribution in [3.63, 3.8) is 0 Å². The van der Waals surface area contributed by atoms with Crippen LogP contribution in [-0.4, -0.2) is 17.2 Å². The number of halogens is 1. The van der Waals surface area contributed by atoms with E-state index in [2.05, 4.69) is 0 Å². The molecule has 0 radical (unpaired) electrons. The van der Waals surface area contributed by atoms with Gasteiger partial charge in [0.1, 0.15) is 11.6 Å². The van der Waals surface area contributed by atoms with Crippen molar-refractivity contribution in [3.8, 4) is 16.9 Å². The number of carboxylic acid groups (broad SMARTS) is 1. The summed E-state index contributed by atoms with van der Waals surface area (Å²) in [6, 6.07) is 12.6. The molecule has 0 aromatic heterocycles. The zero-order valence-electron chi connectivity index (χ0n) is 14.5. The molecule has 3 rings (SSSR count). The Morgan fingerprint density at radius 1 is 1.20 bits per heavy atom.